The Hall–Kier alpha value is -1.26. The highest BCUT2D eigenvalue weighted by atomic mass is 16.5. The van der Waals surface area contributed by atoms with Crippen molar-refractivity contribution >= 4 is 0 Å². The zero-order valence-electron chi connectivity index (χ0n) is 11.2. The van der Waals surface area contributed by atoms with Crippen molar-refractivity contribution in [3.05, 3.63) is 23.8 Å². The highest BCUT2D eigenvalue weighted by molar-refractivity contribution is 5.42. The van der Waals surface area contributed by atoms with Gasteiger partial charge in [-0.3, -0.25) is 0 Å². The number of nitrogens with one attached hydrogen (secondary N) is 1. The first-order valence-electron chi connectivity index (χ1n) is 6.28. The molecule has 1 aromatic carbocycles. The fourth-order valence-electron chi connectivity index (χ4n) is 2.50. The molecule has 0 aromatic heterocycles. The monoisotopic (exact) mass is 251 g/mol. The van der Waals surface area contributed by atoms with Crippen LogP contribution in [-0.4, -0.2) is 34.4 Å². The van der Waals surface area contributed by atoms with Gasteiger partial charge in [0.15, 0.2) is 0 Å². The predicted octanol–water partition coefficient (Wildman–Crippen LogP) is 2.00. The summed E-state index contributed by atoms with van der Waals surface area (Å²) < 4.78 is 16.5. The zero-order chi connectivity index (χ0) is 13.0. The molecular weight excluding hydrogens is 230 g/mol. The van der Waals surface area contributed by atoms with Crippen molar-refractivity contribution in [3.8, 4) is 11.5 Å². The van der Waals surface area contributed by atoms with Crippen LogP contribution in [0.3, 0.4) is 0 Å². The van der Waals surface area contributed by atoms with Gasteiger partial charge in [-0.2, -0.15) is 0 Å². The van der Waals surface area contributed by atoms with E-state index < -0.39 is 0 Å². The lowest BCUT2D eigenvalue weighted by atomic mass is 9.94. The summed E-state index contributed by atoms with van der Waals surface area (Å²) in [5.41, 5.74) is 1.11. The second-order valence-corrected chi connectivity index (χ2v) is 4.51. The Kier molecular flexibility index (Phi) is 4.44. The Morgan fingerprint density at radius 3 is 2.83 bits per heavy atom. The lowest BCUT2D eigenvalue weighted by Crippen LogP contribution is -2.21. The molecule has 1 aliphatic heterocycles. The highest BCUT2D eigenvalue weighted by Crippen LogP contribution is 2.39. The molecular formula is C14H21NO3. The molecule has 0 spiro atoms. The maximum absolute atomic E-state index is 5.86. The summed E-state index contributed by atoms with van der Waals surface area (Å²) >= 11 is 0. The van der Waals surface area contributed by atoms with Crippen LogP contribution in [0.4, 0.5) is 0 Å². The molecule has 1 heterocycles. The number of hydrogen-bond donors (Lipinski definition) is 1. The molecule has 0 aliphatic carbocycles. The van der Waals surface area contributed by atoms with Crippen LogP contribution < -0.4 is 14.8 Å². The van der Waals surface area contributed by atoms with Crippen molar-refractivity contribution in [1.82, 2.24) is 5.32 Å². The van der Waals surface area contributed by atoms with Gasteiger partial charge in [-0.1, -0.05) is 0 Å². The third-order valence-corrected chi connectivity index (χ3v) is 3.43. The number of hydrogen-bond acceptors (Lipinski definition) is 4. The Morgan fingerprint density at radius 2 is 2.17 bits per heavy atom. The van der Waals surface area contributed by atoms with Gasteiger partial charge in [0.2, 0.25) is 0 Å². The van der Waals surface area contributed by atoms with Crippen LogP contribution in [0.25, 0.3) is 0 Å². The molecule has 1 saturated heterocycles. The first-order chi connectivity index (χ1) is 8.80. The molecule has 1 aliphatic rings. The Labute approximate surface area is 108 Å². The smallest absolute Gasteiger partial charge is 0.128 e. The summed E-state index contributed by atoms with van der Waals surface area (Å²) in [5, 5.41) is 3.22. The van der Waals surface area contributed by atoms with Crippen molar-refractivity contribution in [1.29, 1.82) is 0 Å². The van der Waals surface area contributed by atoms with Gasteiger partial charge in [0.25, 0.3) is 0 Å². The maximum atomic E-state index is 5.86. The lowest BCUT2D eigenvalue weighted by Gasteiger charge is -2.21. The van der Waals surface area contributed by atoms with E-state index in [1.54, 1.807) is 14.2 Å². The fraction of sp³-hybridized carbons (Fsp3) is 0.571. The molecule has 1 aromatic rings. The van der Waals surface area contributed by atoms with Crippen LogP contribution >= 0.6 is 0 Å². The molecule has 0 bridgehead atoms. The summed E-state index contributed by atoms with van der Waals surface area (Å²) in [5.74, 6) is 2.14. The molecule has 1 N–H and O–H groups in total. The predicted molar refractivity (Wildman–Crippen MR) is 70.3 cm³/mol. The number of ether oxygens (including phenoxy) is 3. The number of rotatable bonds is 5. The average Bonchev–Trinajstić information content (AvgIpc) is 2.86. The van der Waals surface area contributed by atoms with Crippen molar-refractivity contribution < 1.29 is 14.2 Å². The van der Waals surface area contributed by atoms with Gasteiger partial charge in [0.1, 0.15) is 11.5 Å². The van der Waals surface area contributed by atoms with Crippen molar-refractivity contribution in [3.63, 3.8) is 0 Å². The van der Waals surface area contributed by atoms with E-state index in [4.69, 9.17) is 14.2 Å². The minimum absolute atomic E-state index is 0.110. The van der Waals surface area contributed by atoms with Crippen LogP contribution in [0.15, 0.2) is 18.2 Å². The third-order valence-electron chi connectivity index (χ3n) is 3.43. The average molecular weight is 251 g/mol. The molecule has 18 heavy (non-hydrogen) atoms. The van der Waals surface area contributed by atoms with Crippen LogP contribution in [0, 0.1) is 5.92 Å². The molecule has 4 nitrogen and oxygen atoms in total. The highest BCUT2D eigenvalue weighted by Gasteiger charge is 2.31. The van der Waals surface area contributed by atoms with Gasteiger partial charge < -0.3 is 19.5 Å². The number of methoxy groups -OCH3 is 2. The molecule has 2 atom stereocenters. The molecule has 100 valence electrons. The Balaban J connectivity index is 2.26. The van der Waals surface area contributed by atoms with Crippen molar-refractivity contribution in [2.45, 2.75) is 12.5 Å². The minimum Gasteiger partial charge on any atom is -0.497 e. The molecule has 0 saturated carbocycles. The number of benzene rings is 1. The van der Waals surface area contributed by atoms with Crippen LogP contribution in [0.2, 0.25) is 0 Å². The largest absolute Gasteiger partial charge is 0.497 e. The van der Waals surface area contributed by atoms with Crippen molar-refractivity contribution in [2.24, 2.45) is 5.92 Å². The summed E-state index contributed by atoms with van der Waals surface area (Å²) in [6.45, 7) is 1.77. The van der Waals surface area contributed by atoms with E-state index in [1.165, 1.54) is 0 Å². The van der Waals surface area contributed by atoms with Gasteiger partial charge in [-0.15, -0.1) is 0 Å². The summed E-state index contributed by atoms with van der Waals surface area (Å²) in [6, 6.07) is 5.90. The van der Waals surface area contributed by atoms with E-state index in [-0.39, 0.29) is 6.10 Å². The van der Waals surface area contributed by atoms with E-state index in [9.17, 15) is 0 Å². The van der Waals surface area contributed by atoms with Crippen LogP contribution in [-0.2, 0) is 4.74 Å². The van der Waals surface area contributed by atoms with Gasteiger partial charge in [0.05, 0.1) is 20.3 Å². The minimum atomic E-state index is 0.110. The normalized spacial score (nSPS) is 23.1. The SMILES string of the molecule is CNCC1CCOC1c1ccc(OC)cc1OC. The van der Waals surface area contributed by atoms with Crippen LogP contribution in [0.1, 0.15) is 18.1 Å². The van der Waals surface area contributed by atoms with Gasteiger partial charge in [-0.25, -0.2) is 0 Å². The first kappa shape index (κ1) is 13.2. The quantitative estimate of drug-likeness (QED) is 0.869. The third kappa shape index (κ3) is 2.60. The lowest BCUT2D eigenvalue weighted by molar-refractivity contribution is 0.0886. The summed E-state index contributed by atoms with van der Waals surface area (Å²) in [4.78, 5) is 0. The molecule has 4 heteroatoms. The van der Waals surface area contributed by atoms with E-state index in [0.29, 0.717) is 5.92 Å². The molecule has 2 rings (SSSR count). The van der Waals surface area contributed by atoms with E-state index in [2.05, 4.69) is 5.32 Å². The van der Waals surface area contributed by atoms with E-state index in [1.807, 2.05) is 25.2 Å². The second-order valence-electron chi connectivity index (χ2n) is 4.51. The Morgan fingerprint density at radius 1 is 1.33 bits per heavy atom. The van der Waals surface area contributed by atoms with Crippen LogP contribution in [0.5, 0.6) is 11.5 Å². The molecule has 0 radical (unpaired) electrons. The van der Waals surface area contributed by atoms with Crippen molar-refractivity contribution in [2.75, 3.05) is 34.4 Å². The Bertz CT molecular complexity index is 395. The second kappa shape index (κ2) is 6.07. The summed E-state index contributed by atoms with van der Waals surface area (Å²) in [7, 11) is 5.31. The standard InChI is InChI=1S/C14H21NO3/c1-15-9-10-6-7-18-14(10)12-5-4-11(16-2)8-13(12)17-3/h4-5,8,10,14-15H,6-7,9H2,1-3H3. The van der Waals surface area contributed by atoms with Gasteiger partial charge >= 0.3 is 0 Å². The first-order valence-corrected chi connectivity index (χ1v) is 6.28. The van der Waals surface area contributed by atoms with E-state index >= 15 is 0 Å². The molecule has 2 unspecified atom stereocenters. The van der Waals surface area contributed by atoms with Gasteiger partial charge in [0, 0.05) is 30.7 Å². The molecule has 0 amide bonds. The van der Waals surface area contributed by atoms with Gasteiger partial charge in [-0.05, 0) is 25.6 Å². The van der Waals surface area contributed by atoms with E-state index in [0.717, 1.165) is 36.6 Å². The summed E-state index contributed by atoms with van der Waals surface area (Å²) in [6.07, 6.45) is 1.19. The zero-order valence-corrected chi connectivity index (χ0v) is 11.2. The maximum Gasteiger partial charge on any atom is 0.128 e. The fourth-order valence-corrected chi connectivity index (χ4v) is 2.50. The topological polar surface area (TPSA) is 39.7 Å². The molecule has 1 fully saturated rings.